The maximum Gasteiger partial charge on any atom is 0.160 e. The highest BCUT2D eigenvalue weighted by Crippen LogP contribution is 2.34. The smallest absolute Gasteiger partial charge is 0.160 e. The first-order chi connectivity index (χ1) is 9.67. The van der Waals surface area contributed by atoms with Gasteiger partial charge in [0.05, 0.1) is 5.69 Å². The van der Waals surface area contributed by atoms with Crippen molar-refractivity contribution in [3.63, 3.8) is 0 Å². The standard InChI is InChI=1S/C15H15N3O2.H2/c19-12-4-6-15(20,7-5-12)13-3-2-11(10-18-13)14-16-8-1-9-17-14;/h1-3,8-10,20H,4-7H2;1H. The lowest BCUT2D eigenvalue weighted by Gasteiger charge is -2.30. The van der Waals surface area contributed by atoms with E-state index in [1.54, 1.807) is 30.7 Å². The predicted octanol–water partition coefficient (Wildman–Crippen LogP) is 2.12. The van der Waals surface area contributed by atoms with Crippen molar-refractivity contribution in [2.45, 2.75) is 31.3 Å². The molecule has 1 saturated carbocycles. The van der Waals surface area contributed by atoms with Crippen LogP contribution in [0.25, 0.3) is 11.4 Å². The molecule has 0 unspecified atom stereocenters. The molecular weight excluding hydrogens is 254 g/mol. The average Bonchev–Trinajstić information content (AvgIpc) is 2.52. The minimum absolute atomic E-state index is 0. The number of carbonyl (C=O) groups excluding carboxylic acids is 1. The van der Waals surface area contributed by atoms with Gasteiger partial charge in [-0.1, -0.05) is 0 Å². The molecular formula is C15H17N3O2. The number of aliphatic hydroxyl groups is 1. The highest BCUT2D eigenvalue weighted by atomic mass is 16.3. The van der Waals surface area contributed by atoms with Gasteiger partial charge in [-0.05, 0) is 31.0 Å². The lowest BCUT2D eigenvalue weighted by Crippen LogP contribution is -2.32. The molecule has 5 nitrogen and oxygen atoms in total. The number of Topliss-reactive ketones (excluding diaryl/α,β-unsaturated/α-hetero) is 1. The van der Waals surface area contributed by atoms with Crippen LogP contribution >= 0.6 is 0 Å². The summed E-state index contributed by atoms with van der Waals surface area (Å²) in [5.41, 5.74) is 0.443. The van der Waals surface area contributed by atoms with Crippen molar-refractivity contribution in [3.8, 4) is 11.4 Å². The van der Waals surface area contributed by atoms with E-state index >= 15 is 0 Å². The zero-order chi connectivity index (χ0) is 14.0. The first kappa shape index (κ1) is 12.9. The Kier molecular flexibility index (Phi) is 3.28. The lowest BCUT2D eigenvalue weighted by atomic mass is 9.81. The third kappa shape index (κ3) is 2.44. The summed E-state index contributed by atoms with van der Waals surface area (Å²) in [7, 11) is 0. The largest absolute Gasteiger partial charge is 0.384 e. The van der Waals surface area contributed by atoms with E-state index in [9.17, 15) is 9.90 Å². The van der Waals surface area contributed by atoms with Gasteiger partial charge in [0.15, 0.2) is 5.82 Å². The van der Waals surface area contributed by atoms with Crippen molar-refractivity contribution in [2.24, 2.45) is 0 Å². The summed E-state index contributed by atoms with van der Waals surface area (Å²) in [4.78, 5) is 23.9. The Bertz CT molecular complexity index is 607. The minimum Gasteiger partial charge on any atom is -0.384 e. The number of rotatable bonds is 2. The van der Waals surface area contributed by atoms with Gasteiger partial charge in [0.2, 0.25) is 0 Å². The van der Waals surface area contributed by atoms with E-state index in [0.717, 1.165) is 5.56 Å². The quantitative estimate of drug-likeness (QED) is 0.905. The summed E-state index contributed by atoms with van der Waals surface area (Å²) in [5, 5.41) is 10.6. The molecule has 20 heavy (non-hydrogen) atoms. The van der Waals surface area contributed by atoms with Crippen LogP contribution in [0.4, 0.5) is 0 Å². The number of carbonyl (C=O) groups is 1. The number of nitrogens with zero attached hydrogens (tertiary/aromatic N) is 3. The maximum atomic E-state index is 11.3. The van der Waals surface area contributed by atoms with Crippen LogP contribution in [0, 0.1) is 0 Å². The summed E-state index contributed by atoms with van der Waals surface area (Å²) in [5.74, 6) is 0.821. The van der Waals surface area contributed by atoms with Crippen LogP contribution in [0.15, 0.2) is 36.8 Å². The third-order valence-corrected chi connectivity index (χ3v) is 3.70. The van der Waals surface area contributed by atoms with Crippen molar-refractivity contribution in [3.05, 3.63) is 42.5 Å². The Labute approximate surface area is 118 Å². The van der Waals surface area contributed by atoms with Crippen molar-refractivity contribution in [2.75, 3.05) is 0 Å². The SMILES string of the molecule is O=C1CCC(O)(c2ccc(-c3ncccn3)cn2)CC1.[HH]. The van der Waals surface area contributed by atoms with Gasteiger partial charge in [0.1, 0.15) is 11.4 Å². The lowest BCUT2D eigenvalue weighted by molar-refractivity contribution is -0.125. The molecule has 3 rings (SSSR count). The molecule has 1 fully saturated rings. The van der Waals surface area contributed by atoms with E-state index in [2.05, 4.69) is 15.0 Å². The van der Waals surface area contributed by atoms with Gasteiger partial charge in [0.25, 0.3) is 0 Å². The van der Waals surface area contributed by atoms with E-state index in [1.807, 2.05) is 6.07 Å². The Hall–Kier alpha value is -2.14. The summed E-state index contributed by atoms with van der Waals surface area (Å²) < 4.78 is 0. The van der Waals surface area contributed by atoms with Crippen molar-refractivity contribution < 1.29 is 11.3 Å². The van der Waals surface area contributed by atoms with Gasteiger partial charge in [-0.25, -0.2) is 9.97 Å². The minimum atomic E-state index is -0.982. The second-order valence-corrected chi connectivity index (χ2v) is 5.07. The molecule has 5 heteroatoms. The van der Waals surface area contributed by atoms with Crippen molar-refractivity contribution >= 4 is 5.78 Å². The Morgan fingerprint density at radius 1 is 1.10 bits per heavy atom. The number of ketones is 1. The van der Waals surface area contributed by atoms with E-state index in [0.29, 0.717) is 37.2 Å². The molecule has 1 aliphatic carbocycles. The van der Waals surface area contributed by atoms with Gasteiger partial charge in [-0.15, -0.1) is 0 Å². The summed E-state index contributed by atoms with van der Waals surface area (Å²) in [6, 6.07) is 5.40. The Morgan fingerprint density at radius 2 is 1.80 bits per heavy atom. The topological polar surface area (TPSA) is 76.0 Å². The van der Waals surface area contributed by atoms with Crippen molar-refractivity contribution in [1.82, 2.24) is 15.0 Å². The number of aromatic nitrogens is 3. The van der Waals surface area contributed by atoms with Gasteiger partial charge >= 0.3 is 0 Å². The van der Waals surface area contributed by atoms with Crippen LogP contribution in [-0.2, 0) is 10.4 Å². The molecule has 1 N–H and O–H groups in total. The van der Waals surface area contributed by atoms with Crippen LogP contribution in [0.3, 0.4) is 0 Å². The number of hydrogen-bond acceptors (Lipinski definition) is 5. The fourth-order valence-corrected chi connectivity index (χ4v) is 2.45. The van der Waals surface area contributed by atoms with E-state index in [-0.39, 0.29) is 7.21 Å². The zero-order valence-corrected chi connectivity index (χ0v) is 11.0. The van der Waals surface area contributed by atoms with Gasteiger partial charge in [-0.3, -0.25) is 9.78 Å². The van der Waals surface area contributed by atoms with Crippen LogP contribution in [0.2, 0.25) is 0 Å². The molecule has 104 valence electrons. The Morgan fingerprint density at radius 3 is 2.40 bits per heavy atom. The fraction of sp³-hybridized carbons (Fsp3) is 0.333. The second-order valence-electron chi connectivity index (χ2n) is 5.07. The molecule has 2 heterocycles. The van der Waals surface area contributed by atoms with Crippen LogP contribution in [0.5, 0.6) is 0 Å². The first-order valence-electron chi connectivity index (χ1n) is 6.65. The number of pyridine rings is 1. The van der Waals surface area contributed by atoms with Gasteiger partial charge in [-0.2, -0.15) is 0 Å². The van der Waals surface area contributed by atoms with Crippen LogP contribution in [0.1, 0.15) is 32.8 Å². The van der Waals surface area contributed by atoms with Gasteiger partial charge in [0, 0.05) is 38.4 Å². The fourth-order valence-electron chi connectivity index (χ4n) is 2.45. The van der Waals surface area contributed by atoms with E-state index in [1.165, 1.54) is 0 Å². The van der Waals surface area contributed by atoms with Crippen LogP contribution < -0.4 is 0 Å². The maximum absolute atomic E-state index is 11.3. The Balaban J connectivity index is 0.00000161. The van der Waals surface area contributed by atoms with E-state index in [4.69, 9.17) is 0 Å². The zero-order valence-electron chi connectivity index (χ0n) is 11.0. The third-order valence-electron chi connectivity index (χ3n) is 3.70. The molecule has 0 saturated heterocycles. The molecule has 0 spiro atoms. The second kappa shape index (κ2) is 5.09. The summed E-state index contributed by atoms with van der Waals surface area (Å²) in [6.45, 7) is 0. The highest BCUT2D eigenvalue weighted by Gasteiger charge is 2.35. The molecule has 0 radical (unpaired) electrons. The van der Waals surface area contributed by atoms with Crippen molar-refractivity contribution in [1.29, 1.82) is 0 Å². The monoisotopic (exact) mass is 271 g/mol. The highest BCUT2D eigenvalue weighted by molar-refractivity contribution is 5.79. The molecule has 2 aromatic heterocycles. The molecule has 0 atom stereocenters. The normalized spacial score (nSPS) is 17.9. The molecule has 0 aliphatic heterocycles. The predicted molar refractivity (Wildman–Crippen MR) is 74.7 cm³/mol. The summed E-state index contributed by atoms with van der Waals surface area (Å²) in [6.07, 6.45) is 6.75. The molecule has 2 aromatic rings. The average molecular weight is 271 g/mol. The molecule has 0 aromatic carbocycles. The molecule has 1 aliphatic rings. The molecule has 0 amide bonds. The summed E-state index contributed by atoms with van der Waals surface area (Å²) >= 11 is 0. The molecule has 0 bridgehead atoms. The van der Waals surface area contributed by atoms with Crippen LogP contribution in [-0.4, -0.2) is 25.8 Å². The first-order valence-corrected chi connectivity index (χ1v) is 6.65. The van der Waals surface area contributed by atoms with E-state index < -0.39 is 5.60 Å². The van der Waals surface area contributed by atoms with Gasteiger partial charge < -0.3 is 5.11 Å². The number of hydrogen-bond donors (Lipinski definition) is 1.